The van der Waals surface area contributed by atoms with E-state index in [1.165, 1.54) is 0 Å². The predicted molar refractivity (Wildman–Crippen MR) is 98.8 cm³/mol. The SMILES string of the molecule is N#CCC(=O)NCc1c(OCCN2CCOCC2)ccc2ccccc12. The first-order valence-electron chi connectivity index (χ1n) is 8.85. The zero-order chi connectivity index (χ0) is 18.2. The highest BCUT2D eigenvalue weighted by atomic mass is 16.5. The average molecular weight is 353 g/mol. The number of carbonyl (C=O) groups is 1. The Morgan fingerprint density at radius 1 is 1.23 bits per heavy atom. The number of ether oxygens (including phenoxy) is 2. The van der Waals surface area contributed by atoms with Gasteiger partial charge < -0.3 is 14.8 Å². The summed E-state index contributed by atoms with van der Waals surface area (Å²) in [5.41, 5.74) is 0.941. The number of rotatable bonds is 7. The van der Waals surface area contributed by atoms with E-state index >= 15 is 0 Å². The van der Waals surface area contributed by atoms with Crippen LogP contribution in [-0.2, 0) is 16.1 Å². The van der Waals surface area contributed by atoms with Crippen LogP contribution >= 0.6 is 0 Å². The summed E-state index contributed by atoms with van der Waals surface area (Å²) in [6.07, 6.45) is -0.141. The van der Waals surface area contributed by atoms with Crippen LogP contribution in [-0.4, -0.2) is 50.3 Å². The smallest absolute Gasteiger partial charge is 0.234 e. The van der Waals surface area contributed by atoms with Crippen molar-refractivity contribution in [2.24, 2.45) is 0 Å². The molecule has 0 aliphatic carbocycles. The van der Waals surface area contributed by atoms with Gasteiger partial charge in [0.15, 0.2) is 0 Å². The normalized spacial score (nSPS) is 14.7. The van der Waals surface area contributed by atoms with Crippen LogP contribution in [0.5, 0.6) is 5.75 Å². The molecule has 2 aromatic carbocycles. The number of benzene rings is 2. The molecule has 0 saturated carbocycles. The molecule has 136 valence electrons. The number of nitrogens with one attached hydrogen (secondary N) is 1. The van der Waals surface area contributed by atoms with Crippen molar-refractivity contribution in [3.05, 3.63) is 42.0 Å². The number of nitriles is 1. The Kier molecular flexibility index (Phi) is 6.42. The first-order chi connectivity index (χ1) is 12.8. The first-order valence-corrected chi connectivity index (χ1v) is 8.85. The van der Waals surface area contributed by atoms with Gasteiger partial charge in [-0.1, -0.05) is 30.3 Å². The largest absolute Gasteiger partial charge is 0.492 e. The quantitative estimate of drug-likeness (QED) is 0.825. The van der Waals surface area contributed by atoms with Gasteiger partial charge in [0, 0.05) is 31.7 Å². The molecule has 26 heavy (non-hydrogen) atoms. The molecule has 0 radical (unpaired) electrons. The Bertz CT molecular complexity index is 794. The van der Waals surface area contributed by atoms with Gasteiger partial charge in [-0.05, 0) is 16.8 Å². The maximum absolute atomic E-state index is 11.7. The molecule has 0 unspecified atom stereocenters. The van der Waals surface area contributed by atoms with Crippen molar-refractivity contribution in [2.45, 2.75) is 13.0 Å². The lowest BCUT2D eigenvalue weighted by Crippen LogP contribution is -2.38. The summed E-state index contributed by atoms with van der Waals surface area (Å²) in [7, 11) is 0. The van der Waals surface area contributed by atoms with Crippen molar-refractivity contribution in [2.75, 3.05) is 39.5 Å². The monoisotopic (exact) mass is 353 g/mol. The summed E-state index contributed by atoms with van der Waals surface area (Å²) >= 11 is 0. The van der Waals surface area contributed by atoms with Crippen molar-refractivity contribution < 1.29 is 14.3 Å². The van der Waals surface area contributed by atoms with Gasteiger partial charge in [-0.2, -0.15) is 5.26 Å². The van der Waals surface area contributed by atoms with E-state index < -0.39 is 0 Å². The molecule has 0 aromatic heterocycles. The van der Waals surface area contributed by atoms with E-state index in [1.54, 1.807) is 0 Å². The summed E-state index contributed by atoms with van der Waals surface area (Å²) in [5.74, 6) is 0.494. The number of fused-ring (bicyclic) bond motifs is 1. The number of carbonyl (C=O) groups excluding carboxylic acids is 1. The molecule has 1 aliphatic rings. The molecule has 6 heteroatoms. The topological polar surface area (TPSA) is 74.6 Å². The summed E-state index contributed by atoms with van der Waals surface area (Å²) < 4.78 is 11.4. The van der Waals surface area contributed by atoms with Gasteiger partial charge in [-0.25, -0.2) is 0 Å². The lowest BCUT2D eigenvalue weighted by Gasteiger charge is -2.26. The molecule has 1 heterocycles. The Morgan fingerprint density at radius 2 is 2.04 bits per heavy atom. The van der Waals surface area contributed by atoms with Crippen molar-refractivity contribution in [3.63, 3.8) is 0 Å². The van der Waals surface area contributed by atoms with Crippen LogP contribution in [0.4, 0.5) is 0 Å². The molecule has 0 spiro atoms. The lowest BCUT2D eigenvalue weighted by atomic mass is 10.0. The summed E-state index contributed by atoms with van der Waals surface area (Å²) in [4.78, 5) is 14.0. The maximum Gasteiger partial charge on any atom is 0.234 e. The average Bonchev–Trinajstić information content (AvgIpc) is 2.68. The predicted octanol–water partition coefficient (Wildman–Crippen LogP) is 2.08. The molecule has 1 fully saturated rings. The van der Waals surface area contributed by atoms with Crippen LogP contribution in [0.2, 0.25) is 0 Å². The van der Waals surface area contributed by atoms with Crippen LogP contribution in [0.3, 0.4) is 0 Å². The van der Waals surface area contributed by atoms with Gasteiger partial charge in [0.25, 0.3) is 0 Å². The van der Waals surface area contributed by atoms with E-state index in [4.69, 9.17) is 14.7 Å². The Hall–Kier alpha value is -2.62. The van der Waals surface area contributed by atoms with E-state index in [-0.39, 0.29) is 12.3 Å². The number of nitrogens with zero attached hydrogens (tertiary/aromatic N) is 2. The Morgan fingerprint density at radius 3 is 2.85 bits per heavy atom. The molecule has 1 aliphatic heterocycles. The molecule has 2 aromatic rings. The minimum absolute atomic E-state index is 0.141. The summed E-state index contributed by atoms with van der Waals surface area (Å²) in [5, 5.41) is 13.6. The molecule has 3 rings (SSSR count). The van der Waals surface area contributed by atoms with Crippen molar-refractivity contribution in [3.8, 4) is 11.8 Å². The second-order valence-electron chi connectivity index (χ2n) is 6.18. The van der Waals surface area contributed by atoms with Crippen LogP contribution in [0.15, 0.2) is 36.4 Å². The fraction of sp³-hybridized carbons (Fsp3) is 0.400. The minimum Gasteiger partial charge on any atom is -0.492 e. The Labute approximate surface area is 153 Å². The molecule has 1 amide bonds. The van der Waals surface area contributed by atoms with Crippen LogP contribution in [0.1, 0.15) is 12.0 Å². The molecular weight excluding hydrogens is 330 g/mol. The third-order valence-corrected chi connectivity index (χ3v) is 4.47. The van der Waals surface area contributed by atoms with E-state index in [2.05, 4.69) is 10.2 Å². The Balaban J connectivity index is 1.71. The van der Waals surface area contributed by atoms with Gasteiger partial charge in [-0.15, -0.1) is 0 Å². The fourth-order valence-electron chi connectivity index (χ4n) is 3.06. The minimum atomic E-state index is -0.278. The standard InChI is InChI=1S/C20H23N3O3/c21-8-7-20(24)22-15-18-17-4-2-1-3-16(17)5-6-19(18)26-14-11-23-9-12-25-13-10-23/h1-6H,7,9-15H2,(H,22,24). The van der Waals surface area contributed by atoms with E-state index in [0.717, 1.165) is 54.9 Å². The van der Waals surface area contributed by atoms with E-state index in [1.807, 2.05) is 42.5 Å². The van der Waals surface area contributed by atoms with Gasteiger partial charge in [0.1, 0.15) is 18.8 Å². The molecule has 1 N–H and O–H groups in total. The number of amides is 1. The fourth-order valence-corrected chi connectivity index (χ4v) is 3.06. The van der Waals surface area contributed by atoms with E-state index in [0.29, 0.717) is 13.2 Å². The highest BCUT2D eigenvalue weighted by molar-refractivity contribution is 5.88. The summed E-state index contributed by atoms with van der Waals surface area (Å²) in [6, 6.07) is 13.9. The first kappa shape index (κ1) is 18.2. The molecule has 0 bridgehead atoms. The highest BCUT2D eigenvalue weighted by Crippen LogP contribution is 2.28. The number of hydrogen-bond acceptors (Lipinski definition) is 5. The second-order valence-corrected chi connectivity index (χ2v) is 6.18. The molecular formula is C20H23N3O3. The second kappa shape index (κ2) is 9.18. The van der Waals surface area contributed by atoms with Crippen molar-refractivity contribution >= 4 is 16.7 Å². The van der Waals surface area contributed by atoms with Crippen LogP contribution in [0, 0.1) is 11.3 Å². The third-order valence-electron chi connectivity index (χ3n) is 4.47. The number of hydrogen-bond donors (Lipinski definition) is 1. The third kappa shape index (κ3) is 4.72. The molecule has 1 saturated heterocycles. The van der Waals surface area contributed by atoms with Crippen LogP contribution < -0.4 is 10.1 Å². The zero-order valence-electron chi connectivity index (χ0n) is 14.7. The molecule has 0 atom stereocenters. The summed E-state index contributed by atoms with van der Waals surface area (Å²) in [6.45, 7) is 5.16. The van der Waals surface area contributed by atoms with Crippen molar-refractivity contribution in [1.29, 1.82) is 5.26 Å². The number of morpholine rings is 1. The van der Waals surface area contributed by atoms with Gasteiger partial charge >= 0.3 is 0 Å². The van der Waals surface area contributed by atoms with Gasteiger partial charge in [-0.3, -0.25) is 9.69 Å². The van der Waals surface area contributed by atoms with Gasteiger partial charge in [0.2, 0.25) is 5.91 Å². The van der Waals surface area contributed by atoms with Crippen molar-refractivity contribution in [1.82, 2.24) is 10.2 Å². The highest BCUT2D eigenvalue weighted by Gasteiger charge is 2.13. The van der Waals surface area contributed by atoms with E-state index in [9.17, 15) is 4.79 Å². The maximum atomic E-state index is 11.7. The van der Waals surface area contributed by atoms with Crippen LogP contribution in [0.25, 0.3) is 10.8 Å². The van der Waals surface area contributed by atoms with Gasteiger partial charge in [0.05, 0.1) is 19.3 Å². The zero-order valence-corrected chi connectivity index (χ0v) is 14.7. The molecule has 6 nitrogen and oxygen atoms in total. The lowest BCUT2D eigenvalue weighted by molar-refractivity contribution is -0.120.